The van der Waals surface area contributed by atoms with Gasteiger partial charge >= 0.3 is 7.12 Å². The van der Waals surface area contributed by atoms with E-state index in [-0.39, 0.29) is 0 Å². The molecule has 1 aromatic heterocycles. The summed E-state index contributed by atoms with van der Waals surface area (Å²) in [5.41, 5.74) is 4.75. The maximum atomic E-state index is 13.3. The van der Waals surface area contributed by atoms with Gasteiger partial charge in [-0.1, -0.05) is 48.5 Å². The van der Waals surface area contributed by atoms with Crippen molar-refractivity contribution in [3.63, 3.8) is 0 Å². The minimum Gasteiger partial charge on any atom is -0.456 e. The van der Waals surface area contributed by atoms with Gasteiger partial charge in [0.1, 0.15) is 11.2 Å². The first-order valence-corrected chi connectivity index (χ1v) is 13.8. The van der Waals surface area contributed by atoms with E-state index in [1.54, 1.807) is 18.2 Å². The molecule has 0 atom stereocenters. The zero-order valence-corrected chi connectivity index (χ0v) is 21.8. The third-order valence-electron chi connectivity index (χ3n) is 8.11. The normalized spacial score (nSPS) is 18.9. The number of furan rings is 1. The first-order valence-electron chi connectivity index (χ1n) is 12.4. The minimum absolute atomic E-state index is 0.348. The summed E-state index contributed by atoms with van der Waals surface area (Å²) in [7, 11) is -4.08. The third kappa shape index (κ3) is 3.14. The molecule has 0 saturated carbocycles. The molecule has 3 heterocycles. The van der Waals surface area contributed by atoms with E-state index in [9.17, 15) is 8.42 Å². The summed E-state index contributed by atoms with van der Waals surface area (Å²) in [6.45, 7) is 8.16. The van der Waals surface area contributed by atoms with Gasteiger partial charge in [-0.15, -0.1) is 0 Å². The molecule has 2 aliphatic rings. The van der Waals surface area contributed by atoms with E-state index in [1.165, 1.54) is 0 Å². The summed E-state index contributed by atoms with van der Waals surface area (Å²) in [5, 5.41) is 1.88. The summed E-state index contributed by atoms with van der Waals surface area (Å²) < 4.78 is 45.4. The van der Waals surface area contributed by atoms with Gasteiger partial charge in [-0.2, -0.15) is 0 Å². The molecule has 4 aromatic carbocycles. The molecule has 2 aliphatic heterocycles. The van der Waals surface area contributed by atoms with Crippen molar-refractivity contribution in [2.75, 3.05) is 0 Å². The number of rotatable bonds is 2. The zero-order chi connectivity index (χ0) is 25.7. The molecule has 184 valence electrons. The fraction of sp³-hybridized carbons (Fsp3) is 0.200. The summed E-state index contributed by atoms with van der Waals surface area (Å²) in [4.78, 5) is 0.715. The number of benzene rings is 4. The Hall–Kier alpha value is -3.39. The van der Waals surface area contributed by atoms with Crippen LogP contribution in [0.3, 0.4) is 0 Å². The highest BCUT2D eigenvalue weighted by Gasteiger charge is 2.52. The Balaban J connectivity index is 1.38. The average molecular weight is 508 g/mol. The van der Waals surface area contributed by atoms with Gasteiger partial charge < -0.3 is 13.7 Å². The van der Waals surface area contributed by atoms with Crippen molar-refractivity contribution in [1.29, 1.82) is 0 Å². The van der Waals surface area contributed by atoms with Gasteiger partial charge in [0.05, 0.1) is 21.0 Å². The van der Waals surface area contributed by atoms with Crippen molar-refractivity contribution in [1.82, 2.24) is 0 Å². The summed E-state index contributed by atoms with van der Waals surface area (Å²) in [6.07, 6.45) is 0. The Bertz CT molecular complexity index is 1850. The molecule has 5 nitrogen and oxygen atoms in total. The summed E-state index contributed by atoms with van der Waals surface area (Å²) >= 11 is 0. The van der Waals surface area contributed by atoms with Gasteiger partial charge in [0.15, 0.2) is 0 Å². The number of sulfone groups is 1. The van der Waals surface area contributed by atoms with Crippen LogP contribution in [-0.2, 0) is 19.1 Å². The number of hydrogen-bond acceptors (Lipinski definition) is 5. The molecule has 0 N–H and O–H groups in total. The van der Waals surface area contributed by atoms with Crippen LogP contribution in [0.25, 0.3) is 44.2 Å². The molecular weight excluding hydrogens is 483 g/mol. The second-order valence-corrected chi connectivity index (χ2v) is 12.7. The lowest BCUT2D eigenvalue weighted by atomic mass is 9.76. The largest absolute Gasteiger partial charge is 0.495 e. The molecule has 7 rings (SSSR count). The molecule has 1 saturated heterocycles. The van der Waals surface area contributed by atoms with Crippen molar-refractivity contribution in [2.24, 2.45) is 0 Å². The molecule has 7 heteroatoms. The van der Waals surface area contributed by atoms with Gasteiger partial charge in [0.25, 0.3) is 0 Å². The number of fused-ring (bicyclic) bond motifs is 6. The maximum absolute atomic E-state index is 13.3. The lowest BCUT2D eigenvalue weighted by Gasteiger charge is -2.32. The number of hydrogen-bond donors (Lipinski definition) is 0. The van der Waals surface area contributed by atoms with Crippen molar-refractivity contribution >= 4 is 44.4 Å². The summed E-state index contributed by atoms with van der Waals surface area (Å²) in [6, 6.07) is 24.7. The van der Waals surface area contributed by atoms with Gasteiger partial charge in [-0.25, -0.2) is 8.42 Å². The highest BCUT2D eigenvalue weighted by molar-refractivity contribution is 7.92. The first kappa shape index (κ1) is 22.8. The second kappa shape index (κ2) is 7.35. The molecule has 0 radical (unpaired) electrons. The van der Waals surface area contributed by atoms with Crippen LogP contribution >= 0.6 is 0 Å². The van der Waals surface area contributed by atoms with Crippen LogP contribution in [0.15, 0.2) is 93.1 Å². The fourth-order valence-corrected chi connectivity index (χ4v) is 7.10. The summed E-state index contributed by atoms with van der Waals surface area (Å²) in [5.74, 6) is 0. The SMILES string of the molecule is CC1(C)OB(c2cccc3oc4ccc(-c5ccc6c(c5)S(=O)(=O)c5ccccc5-6)cc4c23)OC1(C)C. The molecule has 0 unspecified atom stereocenters. The quantitative estimate of drug-likeness (QED) is 0.255. The Morgan fingerprint density at radius 3 is 2.14 bits per heavy atom. The van der Waals surface area contributed by atoms with E-state index in [4.69, 9.17) is 13.7 Å². The Morgan fingerprint density at radius 1 is 0.676 bits per heavy atom. The van der Waals surface area contributed by atoms with Crippen LogP contribution in [0.1, 0.15) is 27.7 Å². The minimum atomic E-state index is -3.55. The van der Waals surface area contributed by atoms with Crippen LogP contribution in [0.2, 0.25) is 0 Å². The predicted molar refractivity (Wildman–Crippen MR) is 146 cm³/mol. The lowest BCUT2D eigenvalue weighted by Crippen LogP contribution is -2.41. The van der Waals surface area contributed by atoms with Gasteiger partial charge in [0, 0.05) is 21.9 Å². The predicted octanol–water partition coefficient (Wildman–Crippen LogP) is 6.37. The van der Waals surface area contributed by atoms with Crippen LogP contribution in [-0.4, -0.2) is 26.7 Å². The fourth-order valence-electron chi connectivity index (χ4n) is 5.39. The van der Waals surface area contributed by atoms with E-state index in [2.05, 4.69) is 6.07 Å². The smallest absolute Gasteiger partial charge is 0.456 e. The van der Waals surface area contributed by atoms with E-state index in [0.29, 0.717) is 9.79 Å². The Labute approximate surface area is 216 Å². The van der Waals surface area contributed by atoms with Gasteiger partial charge in [-0.05, 0) is 74.6 Å². The molecule has 0 aliphatic carbocycles. The Kier molecular flexibility index (Phi) is 4.52. The van der Waals surface area contributed by atoms with Crippen molar-refractivity contribution in [3.05, 3.63) is 78.9 Å². The van der Waals surface area contributed by atoms with Crippen LogP contribution in [0, 0.1) is 0 Å². The molecule has 37 heavy (non-hydrogen) atoms. The molecule has 1 fully saturated rings. The van der Waals surface area contributed by atoms with E-state index < -0.39 is 28.2 Å². The van der Waals surface area contributed by atoms with Crippen LogP contribution < -0.4 is 5.46 Å². The second-order valence-electron chi connectivity index (χ2n) is 10.8. The van der Waals surface area contributed by atoms with Crippen LogP contribution in [0.5, 0.6) is 0 Å². The third-order valence-corrected chi connectivity index (χ3v) is 9.96. The molecule has 5 aromatic rings. The van der Waals surface area contributed by atoms with Crippen LogP contribution in [0.4, 0.5) is 0 Å². The maximum Gasteiger partial charge on any atom is 0.495 e. The molecule has 0 bridgehead atoms. The van der Waals surface area contributed by atoms with E-state index in [0.717, 1.165) is 49.7 Å². The lowest BCUT2D eigenvalue weighted by molar-refractivity contribution is 0.00578. The van der Waals surface area contributed by atoms with Crippen molar-refractivity contribution in [2.45, 2.75) is 48.7 Å². The van der Waals surface area contributed by atoms with Gasteiger partial charge in [-0.3, -0.25) is 0 Å². The highest BCUT2D eigenvalue weighted by atomic mass is 32.2. The molecule has 0 amide bonds. The standard InChI is InChI=1S/C30H25BO5S/c1-29(2)30(3,4)36-31(35-29)23-9-7-10-25-28(23)22-16-18(13-15-24(22)34-25)19-12-14-21-20-8-5-6-11-26(20)37(32,33)27(21)17-19/h5-17H,1-4H3. The topological polar surface area (TPSA) is 65.7 Å². The molecular formula is C30H25BO5S. The van der Waals surface area contributed by atoms with E-state index >= 15 is 0 Å². The molecule has 0 spiro atoms. The first-order chi connectivity index (χ1) is 17.6. The van der Waals surface area contributed by atoms with Crippen molar-refractivity contribution in [3.8, 4) is 22.3 Å². The van der Waals surface area contributed by atoms with Gasteiger partial charge in [0.2, 0.25) is 9.84 Å². The Morgan fingerprint density at radius 2 is 1.35 bits per heavy atom. The monoisotopic (exact) mass is 508 g/mol. The van der Waals surface area contributed by atoms with Crippen molar-refractivity contribution < 1.29 is 22.1 Å². The van der Waals surface area contributed by atoms with E-state index in [1.807, 2.05) is 82.3 Å². The highest BCUT2D eigenvalue weighted by Crippen LogP contribution is 2.45. The zero-order valence-electron chi connectivity index (χ0n) is 21.0. The average Bonchev–Trinajstić information content (AvgIpc) is 3.43.